The van der Waals surface area contributed by atoms with Crippen molar-refractivity contribution in [2.24, 2.45) is 0 Å². The summed E-state index contributed by atoms with van der Waals surface area (Å²) in [5.41, 5.74) is -1.78. The smallest absolute Gasteiger partial charge is 0.309 e. The topological polar surface area (TPSA) is 17.1 Å². The van der Waals surface area contributed by atoms with Gasteiger partial charge in [-0.3, -0.25) is 0 Å². The van der Waals surface area contributed by atoms with E-state index in [-0.39, 0.29) is 0 Å². The van der Waals surface area contributed by atoms with Gasteiger partial charge in [-0.1, -0.05) is 0 Å². The van der Waals surface area contributed by atoms with E-state index in [1.54, 1.807) is 0 Å². The van der Waals surface area contributed by atoms with E-state index in [9.17, 15) is 17.7 Å². The Balaban J connectivity index is 4.62. The second-order valence-electron chi connectivity index (χ2n) is 1.90. The van der Waals surface area contributed by atoms with E-state index < -0.39 is 18.8 Å². The predicted octanol–water partition coefficient (Wildman–Crippen LogP) is 2.64. The maximum Gasteiger partial charge on any atom is 0.309 e. The summed E-state index contributed by atoms with van der Waals surface area (Å²) in [5, 5.41) is 0. The van der Waals surface area contributed by atoms with Crippen LogP contribution in [0, 0.1) is 0 Å². The monoisotopic (exact) mass is 158 g/mol. The van der Waals surface area contributed by atoms with E-state index in [0.717, 1.165) is 13.3 Å². The molecule has 0 aromatic rings. The van der Waals surface area contributed by atoms with Gasteiger partial charge in [0.05, 0.1) is 0 Å². The normalized spacial score (nSPS) is 11.2. The molecule has 0 rings (SSSR count). The summed E-state index contributed by atoms with van der Waals surface area (Å²) in [5.74, 6) is 0. The van der Waals surface area contributed by atoms with Crippen LogP contribution >= 0.6 is 7.14 Å². The van der Waals surface area contributed by atoms with E-state index in [0.29, 0.717) is 0 Å². The van der Waals surface area contributed by atoms with Crippen LogP contribution in [0.15, 0.2) is 11.6 Å². The van der Waals surface area contributed by atoms with Crippen molar-refractivity contribution in [3.05, 3.63) is 11.6 Å². The first-order chi connectivity index (χ1) is 3.85. The van der Waals surface area contributed by atoms with Gasteiger partial charge in [0.15, 0.2) is 0 Å². The van der Waals surface area contributed by atoms with Crippen LogP contribution in [0.5, 0.6) is 0 Å². The molecule has 0 saturated heterocycles. The zero-order valence-electron chi connectivity index (χ0n) is 4.99. The van der Waals surface area contributed by atoms with Gasteiger partial charge < -0.3 is 4.57 Å². The molecule has 0 fully saturated rings. The van der Waals surface area contributed by atoms with Crippen molar-refractivity contribution < 1.29 is 17.7 Å². The predicted molar refractivity (Wildman–Crippen MR) is 29.8 cm³/mol. The Morgan fingerprint density at radius 3 is 1.56 bits per heavy atom. The van der Waals surface area contributed by atoms with Crippen molar-refractivity contribution in [1.29, 1.82) is 0 Å². The SMILES string of the molecule is CP(C)(=O)C(F)=C(F)F. The molecule has 0 unspecified atom stereocenters. The van der Waals surface area contributed by atoms with Gasteiger partial charge in [-0.05, 0) is 13.3 Å². The average Bonchev–Trinajstić information content (AvgIpc) is 1.62. The van der Waals surface area contributed by atoms with E-state index in [2.05, 4.69) is 0 Å². The lowest BCUT2D eigenvalue weighted by molar-refractivity contribution is 0.391. The number of hydrogen-bond acceptors (Lipinski definition) is 1. The molecule has 0 aromatic carbocycles. The van der Waals surface area contributed by atoms with E-state index in [1.807, 2.05) is 0 Å². The van der Waals surface area contributed by atoms with Crippen molar-refractivity contribution >= 4 is 7.14 Å². The molecule has 0 amide bonds. The summed E-state index contributed by atoms with van der Waals surface area (Å²) in [6.07, 6.45) is -2.48. The largest absolute Gasteiger partial charge is 0.317 e. The first-order valence-electron chi connectivity index (χ1n) is 2.12. The van der Waals surface area contributed by atoms with Gasteiger partial charge in [0, 0.05) is 0 Å². The third kappa shape index (κ3) is 2.70. The van der Waals surface area contributed by atoms with E-state index in [4.69, 9.17) is 0 Å². The van der Waals surface area contributed by atoms with Crippen LogP contribution in [0.25, 0.3) is 0 Å². The Bertz CT molecular complexity index is 176. The third-order valence-electron chi connectivity index (χ3n) is 0.629. The Morgan fingerprint density at radius 2 is 1.56 bits per heavy atom. The lowest BCUT2D eigenvalue weighted by atomic mass is 11.1. The molecular formula is C4H6F3OP. The highest BCUT2D eigenvalue weighted by molar-refractivity contribution is 7.66. The Kier molecular flexibility index (Phi) is 2.50. The fraction of sp³-hybridized carbons (Fsp3) is 0.500. The van der Waals surface area contributed by atoms with E-state index >= 15 is 0 Å². The Labute approximate surface area is 50.9 Å². The van der Waals surface area contributed by atoms with Crippen LogP contribution < -0.4 is 0 Å². The summed E-state index contributed by atoms with van der Waals surface area (Å²) < 4.78 is 44.9. The highest BCUT2D eigenvalue weighted by Crippen LogP contribution is 2.48. The highest BCUT2D eigenvalue weighted by atomic mass is 31.2. The highest BCUT2D eigenvalue weighted by Gasteiger charge is 2.19. The van der Waals surface area contributed by atoms with Crippen molar-refractivity contribution in [3.8, 4) is 0 Å². The minimum absolute atomic E-state index is 0.946. The maximum atomic E-state index is 11.9. The average molecular weight is 158 g/mol. The Morgan fingerprint density at radius 1 is 1.22 bits per heavy atom. The lowest BCUT2D eigenvalue weighted by Gasteiger charge is -1.98. The van der Waals surface area contributed by atoms with Crippen LogP contribution in [0.1, 0.15) is 0 Å². The molecule has 0 aliphatic carbocycles. The molecule has 0 aliphatic heterocycles. The van der Waals surface area contributed by atoms with Gasteiger partial charge >= 0.3 is 6.08 Å². The zero-order valence-corrected chi connectivity index (χ0v) is 5.88. The molecule has 5 heteroatoms. The first-order valence-corrected chi connectivity index (χ1v) is 4.72. The molecule has 0 aromatic heterocycles. The second kappa shape index (κ2) is 2.56. The fourth-order valence-electron chi connectivity index (χ4n) is 0.204. The van der Waals surface area contributed by atoms with Crippen LogP contribution in [-0.2, 0) is 4.57 Å². The second-order valence-corrected chi connectivity index (χ2v) is 5.00. The van der Waals surface area contributed by atoms with E-state index in [1.165, 1.54) is 0 Å². The zero-order chi connectivity index (χ0) is 7.65. The molecule has 1 nitrogen and oxygen atoms in total. The summed E-state index contributed by atoms with van der Waals surface area (Å²) in [4.78, 5) is 0. The minimum Gasteiger partial charge on any atom is -0.317 e. The summed E-state index contributed by atoms with van der Waals surface area (Å²) >= 11 is 0. The van der Waals surface area contributed by atoms with Crippen molar-refractivity contribution in [1.82, 2.24) is 0 Å². The molecule has 9 heavy (non-hydrogen) atoms. The number of rotatable bonds is 1. The van der Waals surface area contributed by atoms with Crippen LogP contribution in [-0.4, -0.2) is 13.3 Å². The molecule has 0 atom stereocenters. The molecule has 0 bridgehead atoms. The third-order valence-corrected chi connectivity index (χ3v) is 1.74. The summed E-state index contributed by atoms with van der Waals surface area (Å²) in [6.45, 7) is 1.89. The molecule has 0 N–H and O–H groups in total. The number of hydrogen-bond donors (Lipinski definition) is 0. The van der Waals surface area contributed by atoms with Crippen molar-refractivity contribution in [3.63, 3.8) is 0 Å². The fourth-order valence-corrected chi connectivity index (χ4v) is 0.611. The van der Waals surface area contributed by atoms with Crippen LogP contribution in [0.4, 0.5) is 13.2 Å². The molecule has 0 heterocycles. The molecular weight excluding hydrogens is 152 g/mol. The first kappa shape index (κ1) is 8.76. The number of halogens is 3. The van der Waals surface area contributed by atoms with Gasteiger partial charge in [0.2, 0.25) is 5.57 Å². The van der Waals surface area contributed by atoms with Crippen LogP contribution in [0.2, 0.25) is 0 Å². The van der Waals surface area contributed by atoms with Gasteiger partial charge in [0.25, 0.3) is 0 Å². The van der Waals surface area contributed by atoms with Gasteiger partial charge in [-0.2, -0.15) is 13.2 Å². The molecule has 0 radical (unpaired) electrons. The van der Waals surface area contributed by atoms with Gasteiger partial charge in [-0.15, -0.1) is 0 Å². The maximum absolute atomic E-state index is 11.9. The van der Waals surface area contributed by atoms with Crippen molar-refractivity contribution in [2.45, 2.75) is 0 Å². The van der Waals surface area contributed by atoms with Crippen molar-refractivity contribution in [2.75, 3.05) is 13.3 Å². The summed E-state index contributed by atoms with van der Waals surface area (Å²) in [7, 11) is -3.35. The summed E-state index contributed by atoms with van der Waals surface area (Å²) in [6, 6.07) is 0. The quantitative estimate of drug-likeness (QED) is 0.536. The minimum atomic E-state index is -3.35. The van der Waals surface area contributed by atoms with Gasteiger partial charge in [0.1, 0.15) is 7.14 Å². The Hall–Kier alpha value is -0.240. The van der Waals surface area contributed by atoms with Crippen LogP contribution in [0.3, 0.4) is 0 Å². The van der Waals surface area contributed by atoms with Gasteiger partial charge in [-0.25, -0.2) is 0 Å². The standard InChI is InChI=1S/C4H6F3OP/c1-9(2,8)4(7)3(5)6/h1-2H3. The lowest BCUT2D eigenvalue weighted by Crippen LogP contribution is -1.76. The molecule has 0 spiro atoms. The molecule has 54 valence electrons. The molecule has 0 aliphatic rings. The molecule has 0 saturated carbocycles.